The number of hydrogen-bond donors (Lipinski definition) is 0. The Morgan fingerprint density at radius 1 is 1.22 bits per heavy atom. The SMILES string of the molecule is Fc1ccc(OCc2noc(CN3CCC[C@@H](c4ccncn4)C3)n2)cc1. The van der Waals surface area contributed by atoms with Crippen LogP contribution in [0.5, 0.6) is 5.75 Å². The van der Waals surface area contributed by atoms with Crippen LogP contribution in [0.2, 0.25) is 0 Å². The van der Waals surface area contributed by atoms with E-state index in [-0.39, 0.29) is 12.4 Å². The molecule has 1 aliphatic heterocycles. The molecule has 1 aromatic carbocycles. The molecule has 0 saturated carbocycles. The fraction of sp³-hybridized carbons (Fsp3) is 0.368. The predicted molar refractivity (Wildman–Crippen MR) is 94.3 cm³/mol. The summed E-state index contributed by atoms with van der Waals surface area (Å²) < 4.78 is 23.8. The number of halogens is 1. The van der Waals surface area contributed by atoms with Crippen molar-refractivity contribution in [2.24, 2.45) is 0 Å². The molecule has 1 saturated heterocycles. The molecule has 1 aliphatic rings. The third-order valence-electron chi connectivity index (χ3n) is 4.58. The van der Waals surface area contributed by atoms with Crippen molar-refractivity contribution in [1.82, 2.24) is 25.0 Å². The van der Waals surface area contributed by atoms with E-state index in [4.69, 9.17) is 9.26 Å². The highest BCUT2D eigenvalue weighted by Crippen LogP contribution is 2.25. The van der Waals surface area contributed by atoms with Crippen LogP contribution in [0.25, 0.3) is 0 Å². The van der Waals surface area contributed by atoms with Gasteiger partial charge in [0.2, 0.25) is 11.7 Å². The van der Waals surface area contributed by atoms with Gasteiger partial charge in [0, 0.05) is 24.4 Å². The van der Waals surface area contributed by atoms with Crippen LogP contribution in [0.3, 0.4) is 0 Å². The maximum atomic E-state index is 12.9. The molecule has 7 nitrogen and oxygen atoms in total. The van der Waals surface area contributed by atoms with E-state index in [1.165, 1.54) is 12.1 Å². The van der Waals surface area contributed by atoms with Crippen LogP contribution in [-0.4, -0.2) is 38.1 Å². The maximum Gasteiger partial charge on any atom is 0.240 e. The van der Waals surface area contributed by atoms with Crippen LogP contribution in [0.4, 0.5) is 4.39 Å². The average molecular weight is 369 g/mol. The highest BCUT2D eigenvalue weighted by atomic mass is 19.1. The van der Waals surface area contributed by atoms with Crippen LogP contribution >= 0.6 is 0 Å². The van der Waals surface area contributed by atoms with Gasteiger partial charge < -0.3 is 9.26 Å². The zero-order valence-corrected chi connectivity index (χ0v) is 14.8. The van der Waals surface area contributed by atoms with E-state index in [1.807, 2.05) is 6.07 Å². The van der Waals surface area contributed by atoms with Crippen LogP contribution in [0.1, 0.15) is 36.2 Å². The third kappa shape index (κ3) is 4.65. The molecule has 27 heavy (non-hydrogen) atoms. The molecule has 3 aromatic rings. The Morgan fingerprint density at radius 2 is 2.11 bits per heavy atom. The lowest BCUT2D eigenvalue weighted by molar-refractivity contribution is 0.175. The highest BCUT2D eigenvalue weighted by molar-refractivity contribution is 5.22. The van der Waals surface area contributed by atoms with E-state index in [0.29, 0.717) is 29.9 Å². The summed E-state index contributed by atoms with van der Waals surface area (Å²) in [6.07, 6.45) is 5.60. The lowest BCUT2D eigenvalue weighted by Gasteiger charge is -2.31. The smallest absolute Gasteiger partial charge is 0.240 e. The van der Waals surface area contributed by atoms with E-state index in [1.54, 1.807) is 24.7 Å². The molecule has 1 atom stereocenters. The zero-order chi connectivity index (χ0) is 18.5. The minimum Gasteiger partial charge on any atom is -0.485 e. The van der Waals surface area contributed by atoms with E-state index in [2.05, 4.69) is 25.0 Å². The molecule has 0 aliphatic carbocycles. The maximum absolute atomic E-state index is 12.9. The first kappa shape index (κ1) is 17.5. The van der Waals surface area contributed by atoms with Gasteiger partial charge in [-0.2, -0.15) is 4.98 Å². The number of rotatable bonds is 6. The van der Waals surface area contributed by atoms with Gasteiger partial charge in [0.15, 0.2) is 6.61 Å². The van der Waals surface area contributed by atoms with Crippen molar-refractivity contribution in [2.75, 3.05) is 13.1 Å². The first-order valence-electron chi connectivity index (χ1n) is 8.94. The van der Waals surface area contributed by atoms with Crippen LogP contribution in [0, 0.1) is 5.82 Å². The van der Waals surface area contributed by atoms with Gasteiger partial charge in [-0.05, 0) is 49.7 Å². The summed E-state index contributed by atoms with van der Waals surface area (Å²) in [4.78, 5) is 15.1. The fourth-order valence-corrected chi connectivity index (χ4v) is 3.27. The standard InChI is InChI=1S/C19H20FN5O2/c20-15-3-5-16(6-4-15)26-12-18-23-19(27-24-18)11-25-9-1-2-14(10-25)17-7-8-21-13-22-17/h3-8,13-14H,1-2,9-12H2/t14-/m1/s1. The second-order valence-corrected chi connectivity index (χ2v) is 6.56. The van der Waals surface area contributed by atoms with Crippen LogP contribution in [0.15, 0.2) is 47.4 Å². The predicted octanol–water partition coefficient (Wildman–Crippen LogP) is 2.96. The van der Waals surface area contributed by atoms with Gasteiger partial charge in [-0.3, -0.25) is 4.90 Å². The zero-order valence-electron chi connectivity index (χ0n) is 14.8. The monoisotopic (exact) mass is 369 g/mol. The Bertz CT molecular complexity index is 856. The summed E-state index contributed by atoms with van der Waals surface area (Å²) in [5, 5.41) is 3.96. The number of benzene rings is 1. The molecule has 0 unspecified atom stereocenters. The number of piperidine rings is 1. The van der Waals surface area contributed by atoms with Crippen molar-refractivity contribution in [3.05, 3.63) is 66.1 Å². The largest absolute Gasteiger partial charge is 0.485 e. The van der Waals surface area contributed by atoms with Crippen molar-refractivity contribution in [2.45, 2.75) is 31.9 Å². The van der Waals surface area contributed by atoms with E-state index < -0.39 is 0 Å². The minimum atomic E-state index is -0.300. The summed E-state index contributed by atoms with van der Waals surface area (Å²) in [6, 6.07) is 7.81. The molecule has 1 fully saturated rings. The summed E-state index contributed by atoms with van der Waals surface area (Å²) in [7, 11) is 0. The molecule has 4 rings (SSSR count). The Balaban J connectivity index is 1.31. The summed E-state index contributed by atoms with van der Waals surface area (Å²) in [6.45, 7) is 2.68. The van der Waals surface area contributed by atoms with Crippen molar-refractivity contribution >= 4 is 0 Å². The van der Waals surface area contributed by atoms with Gasteiger partial charge in [0.05, 0.1) is 6.54 Å². The van der Waals surface area contributed by atoms with Gasteiger partial charge in [0.1, 0.15) is 17.9 Å². The van der Waals surface area contributed by atoms with E-state index >= 15 is 0 Å². The van der Waals surface area contributed by atoms with Crippen LogP contribution < -0.4 is 4.74 Å². The first-order valence-corrected chi connectivity index (χ1v) is 8.94. The van der Waals surface area contributed by atoms with Gasteiger partial charge in [-0.25, -0.2) is 14.4 Å². The molecule has 0 amide bonds. The third-order valence-corrected chi connectivity index (χ3v) is 4.58. The summed E-state index contributed by atoms with van der Waals surface area (Å²) in [5.74, 6) is 1.69. The van der Waals surface area contributed by atoms with Gasteiger partial charge >= 0.3 is 0 Å². The molecule has 0 bridgehead atoms. The van der Waals surface area contributed by atoms with Crippen molar-refractivity contribution < 1.29 is 13.7 Å². The highest BCUT2D eigenvalue weighted by Gasteiger charge is 2.23. The molecule has 0 N–H and O–H groups in total. The second kappa shape index (κ2) is 8.22. The Labute approximate surface area is 156 Å². The Kier molecular flexibility index (Phi) is 5.34. The van der Waals surface area contributed by atoms with Crippen molar-refractivity contribution in [1.29, 1.82) is 0 Å². The number of likely N-dealkylation sites (tertiary alicyclic amines) is 1. The number of hydrogen-bond acceptors (Lipinski definition) is 7. The Hall–Kier alpha value is -2.87. The van der Waals surface area contributed by atoms with Gasteiger partial charge in [0.25, 0.3) is 0 Å². The molecular weight excluding hydrogens is 349 g/mol. The lowest BCUT2D eigenvalue weighted by Crippen LogP contribution is -2.34. The Morgan fingerprint density at radius 3 is 2.93 bits per heavy atom. The molecular formula is C19H20FN5O2. The second-order valence-electron chi connectivity index (χ2n) is 6.56. The molecule has 3 heterocycles. The van der Waals surface area contributed by atoms with Crippen LogP contribution in [-0.2, 0) is 13.2 Å². The molecule has 0 radical (unpaired) electrons. The molecule has 140 valence electrons. The van der Waals surface area contributed by atoms with Crippen molar-refractivity contribution in [3.63, 3.8) is 0 Å². The summed E-state index contributed by atoms with van der Waals surface area (Å²) in [5.41, 5.74) is 1.08. The van der Waals surface area contributed by atoms with Gasteiger partial charge in [-0.1, -0.05) is 5.16 Å². The topological polar surface area (TPSA) is 77.2 Å². The molecule has 8 heteroatoms. The first-order chi connectivity index (χ1) is 13.3. The number of aromatic nitrogens is 4. The fourth-order valence-electron chi connectivity index (χ4n) is 3.27. The quantitative estimate of drug-likeness (QED) is 0.661. The molecule has 2 aromatic heterocycles. The number of nitrogens with zero attached hydrogens (tertiary/aromatic N) is 5. The normalized spacial score (nSPS) is 17.7. The van der Waals surface area contributed by atoms with E-state index in [9.17, 15) is 4.39 Å². The average Bonchev–Trinajstić information content (AvgIpc) is 3.16. The molecule has 0 spiro atoms. The van der Waals surface area contributed by atoms with Gasteiger partial charge in [-0.15, -0.1) is 0 Å². The summed E-state index contributed by atoms with van der Waals surface area (Å²) >= 11 is 0. The lowest BCUT2D eigenvalue weighted by atomic mass is 9.94. The van der Waals surface area contributed by atoms with Crippen molar-refractivity contribution in [3.8, 4) is 5.75 Å². The minimum absolute atomic E-state index is 0.179. The number of ether oxygens (including phenoxy) is 1. The van der Waals surface area contributed by atoms with E-state index in [0.717, 1.165) is 31.6 Å².